The highest BCUT2D eigenvalue weighted by Gasteiger charge is 2.22. The molecule has 1 N–H and O–H groups in total. The predicted molar refractivity (Wildman–Crippen MR) is 96.8 cm³/mol. The van der Waals surface area contributed by atoms with Gasteiger partial charge in [0, 0.05) is 48.8 Å². The molecule has 25 heavy (non-hydrogen) atoms. The maximum atomic E-state index is 12.3. The van der Waals surface area contributed by atoms with E-state index in [1.165, 1.54) is 0 Å². The quantitative estimate of drug-likeness (QED) is 0.880. The van der Waals surface area contributed by atoms with Gasteiger partial charge in [0.2, 0.25) is 0 Å². The molecule has 1 saturated heterocycles. The van der Waals surface area contributed by atoms with E-state index in [0.717, 1.165) is 36.7 Å². The molecule has 1 aliphatic rings. The number of aryl methyl sites for hydroxylation is 1. The molecule has 1 aromatic heterocycles. The molecule has 3 rings (SSSR count). The lowest BCUT2D eigenvalue weighted by molar-refractivity contribution is 0.128. The highest BCUT2D eigenvalue weighted by Crippen LogP contribution is 2.20. The van der Waals surface area contributed by atoms with Crippen LogP contribution >= 0.6 is 23.2 Å². The zero-order valence-electron chi connectivity index (χ0n) is 14.0. The average Bonchev–Trinajstić information content (AvgIpc) is 2.99. The average molecular weight is 383 g/mol. The van der Waals surface area contributed by atoms with Crippen molar-refractivity contribution in [1.82, 2.24) is 20.3 Å². The monoisotopic (exact) mass is 382 g/mol. The fourth-order valence-corrected chi connectivity index (χ4v) is 3.24. The van der Waals surface area contributed by atoms with E-state index >= 15 is 0 Å². The minimum absolute atomic E-state index is 0.0822. The SMILES string of the molecule is Cc1cc(CN2CCN(C(=O)NCc3ccc(Cl)cc3Cl)CC2)on1. The van der Waals surface area contributed by atoms with Crippen LogP contribution in [0.25, 0.3) is 0 Å². The maximum absolute atomic E-state index is 12.3. The number of rotatable bonds is 4. The molecule has 0 unspecified atom stereocenters. The summed E-state index contributed by atoms with van der Waals surface area (Å²) in [6.45, 7) is 5.95. The lowest BCUT2D eigenvalue weighted by Crippen LogP contribution is -2.51. The number of nitrogens with one attached hydrogen (secondary N) is 1. The number of hydrogen-bond acceptors (Lipinski definition) is 4. The summed E-state index contributed by atoms with van der Waals surface area (Å²) in [7, 11) is 0. The molecule has 2 heterocycles. The van der Waals surface area contributed by atoms with Crippen molar-refractivity contribution in [3.63, 3.8) is 0 Å². The Morgan fingerprint density at radius 2 is 2.00 bits per heavy atom. The summed E-state index contributed by atoms with van der Waals surface area (Å²) in [5.41, 5.74) is 1.73. The number of carbonyl (C=O) groups is 1. The largest absolute Gasteiger partial charge is 0.360 e. The Balaban J connectivity index is 1.45. The van der Waals surface area contributed by atoms with Gasteiger partial charge in [-0.05, 0) is 24.6 Å². The summed E-state index contributed by atoms with van der Waals surface area (Å²) in [5, 5.41) is 7.94. The van der Waals surface area contributed by atoms with Crippen molar-refractivity contribution in [3.05, 3.63) is 51.3 Å². The molecule has 8 heteroatoms. The van der Waals surface area contributed by atoms with Gasteiger partial charge < -0.3 is 14.7 Å². The van der Waals surface area contributed by atoms with E-state index in [2.05, 4.69) is 15.4 Å². The minimum atomic E-state index is -0.0822. The molecule has 1 aromatic carbocycles. The third-order valence-corrected chi connectivity index (χ3v) is 4.75. The van der Waals surface area contributed by atoms with Gasteiger partial charge in [0.15, 0.2) is 5.76 Å². The van der Waals surface area contributed by atoms with E-state index in [4.69, 9.17) is 27.7 Å². The van der Waals surface area contributed by atoms with E-state index < -0.39 is 0 Å². The highest BCUT2D eigenvalue weighted by molar-refractivity contribution is 6.35. The number of carbonyl (C=O) groups excluding carboxylic acids is 1. The van der Waals surface area contributed by atoms with E-state index in [9.17, 15) is 4.79 Å². The van der Waals surface area contributed by atoms with Gasteiger partial charge in [0.25, 0.3) is 0 Å². The standard InChI is InChI=1S/C17H20Cl2N4O2/c1-12-8-15(25-21-12)11-22-4-6-23(7-5-22)17(24)20-10-13-2-3-14(18)9-16(13)19/h2-3,8-9H,4-7,10-11H2,1H3,(H,20,24). The van der Waals surface area contributed by atoms with Gasteiger partial charge in [-0.3, -0.25) is 4.90 Å². The molecule has 0 aliphatic carbocycles. The van der Waals surface area contributed by atoms with Crippen molar-refractivity contribution in [2.24, 2.45) is 0 Å². The second-order valence-electron chi connectivity index (χ2n) is 6.09. The Bertz CT molecular complexity index is 742. The molecule has 0 saturated carbocycles. The molecule has 2 aromatic rings. The Kier molecular flexibility index (Phi) is 5.83. The molecule has 0 atom stereocenters. The van der Waals surface area contributed by atoms with Gasteiger partial charge in [-0.1, -0.05) is 34.4 Å². The maximum Gasteiger partial charge on any atom is 0.317 e. The van der Waals surface area contributed by atoms with E-state index in [1.54, 1.807) is 12.1 Å². The lowest BCUT2D eigenvalue weighted by Gasteiger charge is -2.34. The summed E-state index contributed by atoms with van der Waals surface area (Å²) in [6.07, 6.45) is 0. The topological polar surface area (TPSA) is 61.6 Å². The van der Waals surface area contributed by atoms with Crippen LogP contribution < -0.4 is 5.32 Å². The molecule has 0 bridgehead atoms. The first-order valence-corrected chi connectivity index (χ1v) is 8.88. The lowest BCUT2D eigenvalue weighted by atomic mass is 10.2. The number of urea groups is 1. The number of amides is 2. The van der Waals surface area contributed by atoms with Gasteiger partial charge >= 0.3 is 6.03 Å². The van der Waals surface area contributed by atoms with Gasteiger partial charge in [-0.25, -0.2) is 4.79 Å². The normalized spacial score (nSPS) is 15.4. The molecule has 1 fully saturated rings. The van der Waals surface area contributed by atoms with Crippen LogP contribution in [-0.2, 0) is 13.1 Å². The van der Waals surface area contributed by atoms with E-state index in [0.29, 0.717) is 29.7 Å². The fourth-order valence-electron chi connectivity index (χ4n) is 2.77. The number of aromatic nitrogens is 1. The number of piperazine rings is 1. The van der Waals surface area contributed by atoms with Crippen LogP contribution in [0.15, 0.2) is 28.8 Å². The van der Waals surface area contributed by atoms with Crippen LogP contribution in [-0.4, -0.2) is 47.2 Å². The van der Waals surface area contributed by atoms with E-state index in [-0.39, 0.29) is 6.03 Å². The first-order valence-electron chi connectivity index (χ1n) is 8.12. The summed E-state index contributed by atoms with van der Waals surface area (Å²) in [6, 6.07) is 7.12. The summed E-state index contributed by atoms with van der Waals surface area (Å²) >= 11 is 12.0. The summed E-state index contributed by atoms with van der Waals surface area (Å²) < 4.78 is 5.24. The van der Waals surface area contributed by atoms with Crippen molar-refractivity contribution in [1.29, 1.82) is 0 Å². The van der Waals surface area contributed by atoms with Crippen molar-refractivity contribution in [2.45, 2.75) is 20.0 Å². The van der Waals surface area contributed by atoms with E-state index in [1.807, 2.05) is 24.0 Å². The summed E-state index contributed by atoms with van der Waals surface area (Å²) in [5.74, 6) is 0.854. The van der Waals surface area contributed by atoms with Crippen molar-refractivity contribution < 1.29 is 9.32 Å². The first kappa shape index (κ1) is 18.0. The van der Waals surface area contributed by atoms with Gasteiger partial charge in [-0.15, -0.1) is 0 Å². The van der Waals surface area contributed by atoms with Crippen molar-refractivity contribution in [3.8, 4) is 0 Å². The molecule has 0 radical (unpaired) electrons. The van der Waals surface area contributed by atoms with Crippen LogP contribution in [0.3, 0.4) is 0 Å². The van der Waals surface area contributed by atoms with Crippen LogP contribution in [0.2, 0.25) is 10.0 Å². The van der Waals surface area contributed by atoms with Crippen LogP contribution in [0, 0.1) is 6.92 Å². The third kappa shape index (κ3) is 4.87. The van der Waals surface area contributed by atoms with Crippen LogP contribution in [0.4, 0.5) is 4.79 Å². The molecule has 0 spiro atoms. The highest BCUT2D eigenvalue weighted by atomic mass is 35.5. The zero-order valence-corrected chi connectivity index (χ0v) is 15.5. The van der Waals surface area contributed by atoms with Gasteiger partial charge in [0.1, 0.15) is 0 Å². The second-order valence-corrected chi connectivity index (χ2v) is 6.94. The molecular weight excluding hydrogens is 363 g/mol. The Labute approximate surface area is 156 Å². The molecule has 1 aliphatic heterocycles. The number of hydrogen-bond donors (Lipinski definition) is 1. The van der Waals surface area contributed by atoms with Crippen molar-refractivity contribution in [2.75, 3.05) is 26.2 Å². The van der Waals surface area contributed by atoms with Gasteiger partial charge in [-0.2, -0.15) is 0 Å². The van der Waals surface area contributed by atoms with Crippen LogP contribution in [0.1, 0.15) is 17.0 Å². The van der Waals surface area contributed by atoms with Crippen LogP contribution in [0.5, 0.6) is 0 Å². The smallest absolute Gasteiger partial charge is 0.317 e. The molecule has 6 nitrogen and oxygen atoms in total. The Hall–Kier alpha value is -1.76. The first-order chi connectivity index (χ1) is 12.0. The number of benzene rings is 1. The Morgan fingerprint density at radius 1 is 1.24 bits per heavy atom. The third-order valence-electron chi connectivity index (χ3n) is 4.16. The molecular formula is C17H20Cl2N4O2. The fraction of sp³-hybridized carbons (Fsp3) is 0.412. The second kappa shape index (κ2) is 8.08. The Morgan fingerprint density at radius 3 is 2.64 bits per heavy atom. The minimum Gasteiger partial charge on any atom is -0.360 e. The number of nitrogens with zero attached hydrogens (tertiary/aromatic N) is 3. The molecule has 2 amide bonds. The van der Waals surface area contributed by atoms with Gasteiger partial charge in [0.05, 0.1) is 12.2 Å². The number of halogens is 2. The predicted octanol–water partition coefficient (Wildman–Crippen LogP) is 3.32. The zero-order chi connectivity index (χ0) is 17.8. The van der Waals surface area contributed by atoms with Crippen molar-refractivity contribution >= 4 is 29.2 Å². The summed E-state index contributed by atoms with van der Waals surface area (Å²) in [4.78, 5) is 16.4. The molecule has 134 valence electrons.